The molecule has 3 heterocycles. The Morgan fingerprint density at radius 1 is 1.00 bits per heavy atom. The molecule has 1 aromatic carbocycles. The maximum Gasteiger partial charge on any atom is 0.201 e. The molecule has 133 valence electrons. The zero-order chi connectivity index (χ0) is 17.8. The SMILES string of the molecule is CN1CCN(c2ccc(NC3=NC=C(c4ccccc4)[CH]N3)cn2)CC1. The number of aliphatic imine (C=N–C) groups is 1. The fourth-order valence-electron chi connectivity index (χ4n) is 3.03. The van der Waals surface area contributed by atoms with Crippen LogP contribution in [-0.4, -0.2) is 49.1 Å². The fourth-order valence-corrected chi connectivity index (χ4v) is 3.03. The minimum absolute atomic E-state index is 0.693. The summed E-state index contributed by atoms with van der Waals surface area (Å²) in [6.07, 6.45) is 3.72. The summed E-state index contributed by atoms with van der Waals surface area (Å²) in [5, 5.41) is 6.46. The lowest BCUT2D eigenvalue weighted by atomic mass is 10.1. The number of guanidine groups is 1. The van der Waals surface area contributed by atoms with Crippen LogP contribution in [0.25, 0.3) is 5.57 Å². The Bertz CT molecular complexity index is 789. The third-order valence-electron chi connectivity index (χ3n) is 4.64. The molecule has 1 fully saturated rings. The number of benzene rings is 1. The van der Waals surface area contributed by atoms with Gasteiger partial charge in [-0.15, -0.1) is 0 Å². The van der Waals surface area contributed by atoms with Gasteiger partial charge in [0.2, 0.25) is 5.96 Å². The van der Waals surface area contributed by atoms with Gasteiger partial charge in [0.15, 0.2) is 0 Å². The zero-order valence-electron chi connectivity index (χ0n) is 14.9. The van der Waals surface area contributed by atoms with Crippen molar-refractivity contribution in [2.24, 2.45) is 4.99 Å². The molecule has 6 heteroatoms. The smallest absolute Gasteiger partial charge is 0.201 e. The number of likely N-dealkylation sites (N-methyl/N-ethyl adjacent to an activating group) is 1. The Morgan fingerprint density at radius 2 is 1.81 bits per heavy atom. The third kappa shape index (κ3) is 3.86. The molecule has 2 aliphatic heterocycles. The Hall–Kier alpha value is -2.86. The largest absolute Gasteiger partial charge is 0.354 e. The molecule has 1 aromatic heterocycles. The van der Waals surface area contributed by atoms with Crippen LogP contribution < -0.4 is 15.5 Å². The van der Waals surface area contributed by atoms with Gasteiger partial charge >= 0.3 is 0 Å². The molecule has 4 rings (SSSR count). The first kappa shape index (κ1) is 16.6. The van der Waals surface area contributed by atoms with Gasteiger partial charge < -0.3 is 20.4 Å². The second-order valence-electron chi connectivity index (χ2n) is 6.54. The molecule has 0 spiro atoms. The molecule has 2 aliphatic rings. The average Bonchev–Trinajstić information content (AvgIpc) is 2.71. The highest BCUT2D eigenvalue weighted by atomic mass is 15.3. The van der Waals surface area contributed by atoms with Crippen LogP contribution in [0, 0.1) is 6.54 Å². The molecule has 2 aromatic rings. The quantitative estimate of drug-likeness (QED) is 0.893. The summed E-state index contributed by atoms with van der Waals surface area (Å²) in [6.45, 7) is 6.15. The van der Waals surface area contributed by atoms with Crippen molar-refractivity contribution < 1.29 is 0 Å². The molecule has 0 bridgehead atoms. The van der Waals surface area contributed by atoms with Crippen LogP contribution in [-0.2, 0) is 0 Å². The zero-order valence-corrected chi connectivity index (χ0v) is 14.9. The summed E-state index contributed by atoms with van der Waals surface area (Å²) in [7, 11) is 2.16. The molecule has 0 amide bonds. The number of hydrogen-bond donors (Lipinski definition) is 2. The van der Waals surface area contributed by atoms with E-state index in [4.69, 9.17) is 0 Å². The van der Waals surface area contributed by atoms with Crippen LogP contribution in [0.4, 0.5) is 11.5 Å². The van der Waals surface area contributed by atoms with E-state index in [1.54, 1.807) is 0 Å². The second kappa shape index (κ2) is 7.58. The van der Waals surface area contributed by atoms with Gasteiger partial charge in [0.25, 0.3) is 0 Å². The minimum Gasteiger partial charge on any atom is -0.354 e. The van der Waals surface area contributed by atoms with Crippen molar-refractivity contribution in [3.63, 3.8) is 0 Å². The molecule has 0 saturated carbocycles. The van der Waals surface area contributed by atoms with Crippen LogP contribution in [0.2, 0.25) is 0 Å². The lowest BCUT2D eigenvalue weighted by Gasteiger charge is -2.33. The van der Waals surface area contributed by atoms with Gasteiger partial charge in [-0.1, -0.05) is 30.3 Å². The van der Waals surface area contributed by atoms with Crippen LogP contribution in [0.3, 0.4) is 0 Å². The van der Waals surface area contributed by atoms with Gasteiger partial charge in [0, 0.05) is 38.0 Å². The van der Waals surface area contributed by atoms with Gasteiger partial charge in [-0.2, -0.15) is 0 Å². The number of pyridine rings is 1. The molecule has 0 atom stereocenters. The number of aromatic nitrogens is 1. The number of piperazine rings is 1. The van der Waals surface area contributed by atoms with Gasteiger partial charge in [-0.25, -0.2) is 9.98 Å². The van der Waals surface area contributed by atoms with Crippen molar-refractivity contribution in [1.82, 2.24) is 15.2 Å². The average molecular weight is 347 g/mol. The van der Waals surface area contributed by atoms with Gasteiger partial charge in [-0.3, -0.25) is 0 Å². The monoisotopic (exact) mass is 347 g/mol. The maximum absolute atomic E-state index is 4.59. The minimum atomic E-state index is 0.693. The van der Waals surface area contributed by atoms with E-state index in [0.717, 1.165) is 48.8 Å². The van der Waals surface area contributed by atoms with Crippen molar-refractivity contribution >= 4 is 23.0 Å². The van der Waals surface area contributed by atoms with Crippen molar-refractivity contribution in [1.29, 1.82) is 0 Å². The number of nitrogens with one attached hydrogen (secondary N) is 2. The number of anilines is 2. The molecule has 0 aliphatic carbocycles. The molecular weight excluding hydrogens is 324 g/mol. The first-order valence-electron chi connectivity index (χ1n) is 8.88. The summed E-state index contributed by atoms with van der Waals surface area (Å²) in [5.41, 5.74) is 3.11. The fraction of sp³-hybridized carbons (Fsp3) is 0.250. The van der Waals surface area contributed by atoms with E-state index in [0.29, 0.717) is 5.96 Å². The van der Waals surface area contributed by atoms with E-state index >= 15 is 0 Å². The van der Waals surface area contributed by atoms with Crippen molar-refractivity contribution in [2.45, 2.75) is 0 Å². The van der Waals surface area contributed by atoms with Crippen LogP contribution in [0.5, 0.6) is 0 Å². The van der Waals surface area contributed by atoms with Gasteiger partial charge in [0.05, 0.1) is 18.4 Å². The predicted molar refractivity (Wildman–Crippen MR) is 107 cm³/mol. The Morgan fingerprint density at radius 3 is 2.46 bits per heavy atom. The highest BCUT2D eigenvalue weighted by Crippen LogP contribution is 2.19. The molecule has 26 heavy (non-hydrogen) atoms. The Labute approximate surface area is 154 Å². The Kier molecular flexibility index (Phi) is 4.84. The summed E-state index contributed by atoms with van der Waals surface area (Å²) >= 11 is 0. The number of rotatable bonds is 3. The molecule has 1 radical (unpaired) electrons. The number of nitrogens with zero attached hydrogens (tertiary/aromatic N) is 4. The number of hydrogen-bond acceptors (Lipinski definition) is 6. The lowest BCUT2D eigenvalue weighted by molar-refractivity contribution is 0.312. The molecule has 2 N–H and O–H groups in total. The normalized spacial score (nSPS) is 18.0. The van der Waals surface area contributed by atoms with Crippen molar-refractivity contribution in [3.8, 4) is 0 Å². The third-order valence-corrected chi connectivity index (χ3v) is 4.64. The van der Waals surface area contributed by atoms with E-state index in [1.807, 2.05) is 43.2 Å². The Balaban J connectivity index is 1.39. The van der Waals surface area contributed by atoms with E-state index in [2.05, 4.69) is 55.7 Å². The second-order valence-corrected chi connectivity index (χ2v) is 6.54. The molecule has 1 saturated heterocycles. The first-order chi connectivity index (χ1) is 12.8. The van der Waals surface area contributed by atoms with E-state index in [9.17, 15) is 0 Å². The van der Waals surface area contributed by atoms with Gasteiger partial charge in [-0.05, 0) is 24.7 Å². The van der Waals surface area contributed by atoms with Crippen LogP contribution in [0.1, 0.15) is 5.56 Å². The van der Waals surface area contributed by atoms with E-state index < -0.39 is 0 Å². The van der Waals surface area contributed by atoms with Gasteiger partial charge in [0.1, 0.15) is 5.82 Å². The summed E-state index contributed by atoms with van der Waals surface area (Å²) < 4.78 is 0. The standard InChI is InChI=1S/C20H23N6/c1-25-9-11-26(12-10-25)19-8-7-18(15-21-19)24-20-22-13-17(14-23-20)16-5-3-2-4-6-16/h2-8,13-15H,9-12H2,1H3,(H2,22,23,24). The summed E-state index contributed by atoms with van der Waals surface area (Å²) in [5.74, 6) is 1.72. The van der Waals surface area contributed by atoms with Crippen molar-refractivity contribution in [2.75, 3.05) is 43.4 Å². The first-order valence-corrected chi connectivity index (χ1v) is 8.88. The molecule has 0 unspecified atom stereocenters. The summed E-state index contributed by atoms with van der Waals surface area (Å²) in [6, 6.07) is 14.3. The topological polar surface area (TPSA) is 55.8 Å². The van der Waals surface area contributed by atoms with E-state index in [-0.39, 0.29) is 0 Å². The van der Waals surface area contributed by atoms with E-state index in [1.165, 1.54) is 0 Å². The highest BCUT2D eigenvalue weighted by molar-refractivity contribution is 5.98. The highest BCUT2D eigenvalue weighted by Gasteiger charge is 2.15. The summed E-state index contributed by atoms with van der Waals surface area (Å²) in [4.78, 5) is 13.7. The van der Waals surface area contributed by atoms with Crippen LogP contribution in [0.15, 0.2) is 59.9 Å². The predicted octanol–water partition coefficient (Wildman–Crippen LogP) is 2.41. The lowest BCUT2D eigenvalue weighted by Crippen LogP contribution is -2.44. The molecule has 6 nitrogen and oxygen atoms in total. The maximum atomic E-state index is 4.59. The molecular formula is C20H23N6. The van der Waals surface area contributed by atoms with Crippen LogP contribution >= 0.6 is 0 Å². The van der Waals surface area contributed by atoms with Crippen molar-refractivity contribution in [3.05, 3.63) is 67.0 Å².